The average Bonchev–Trinajstić information content (AvgIpc) is 3.85. The predicted octanol–water partition coefficient (Wildman–Crippen LogP) is 11.8. The second-order valence-electron chi connectivity index (χ2n) is 12.9. The zero-order chi connectivity index (χ0) is 33.5. The number of benzene rings is 7. The van der Waals surface area contributed by atoms with Crippen molar-refractivity contribution in [3.63, 3.8) is 0 Å². The van der Waals surface area contributed by atoms with Crippen molar-refractivity contribution in [3.05, 3.63) is 164 Å². The van der Waals surface area contributed by atoms with Gasteiger partial charge >= 0.3 is 0 Å². The Morgan fingerprint density at radius 2 is 0.843 bits per heavy atom. The number of hydrogen-bond acceptors (Lipinski definition) is 4. The van der Waals surface area contributed by atoms with E-state index in [1.807, 2.05) is 11.3 Å². The second kappa shape index (κ2) is 10.9. The van der Waals surface area contributed by atoms with E-state index in [2.05, 4.69) is 173 Å². The van der Waals surface area contributed by atoms with E-state index in [1.54, 1.807) is 0 Å². The van der Waals surface area contributed by atoms with E-state index < -0.39 is 0 Å². The Bertz CT molecular complexity index is 3100. The summed E-state index contributed by atoms with van der Waals surface area (Å²) < 4.78 is 6.90. The van der Waals surface area contributed by atoms with Gasteiger partial charge in [0, 0.05) is 47.3 Å². The Kier molecular flexibility index (Phi) is 6.05. The van der Waals surface area contributed by atoms with Crippen LogP contribution >= 0.6 is 11.3 Å². The Balaban J connectivity index is 1.24. The van der Waals surface area contributed by atoms with Crippen molar-refractivity contribution in [2.75, 3.05) is 0 Å². The van der Waals surface area contributed by atoms with Gasteiger partial charge < -0.3 is 0 Å². The highest BCUT2D eigenvalue weighted by Crippen LogP contribution is 2.38. The van der Waals surface area contributed by atoms with E-state index in [1.165, 1.54) is 20.2 Å². The molecule has 0 saturated heterocycles. The maximum atomic E-state index is 5.35. The lowest BCUT2D eigenvalue weighted by Gasteiger charge is -2.13. The molecule has 6 heteroatoms. The molecule has 0 atom stereocenters. The standard InChI is InChI=1S/C45H27N5S/c1-2-12-28(13-3-1)29-22-24-34-33-16-6-10-20-39(33)50(40(34)27-29)45-47-43(30-23-25-42-36(26-30)35-17-7-11-21-41(35)51-42)46-44(48-45)49-37-18-8-4-14-31(37)32-15-5-9-19-38(32)49/h1-27H. The first kappa shape index (κ1) is 28.2. The SMILES string of the molecule is c1ccc(-c2ccc3c4ccccc4n(-c4nc(-c5ccc6sc7ccccc7c6c5)nc(-n5c6ccccc6c6ccccc65)n4)c3c2)cc1. The number of fused-ring (bicyclic) bond motifs is 9. The highest BCUT2D eigenvalue weighted by Gasteiger charge is 2.21. The second-order valence-corrected chi connectivity index (χ2v) is 14.0. The number of thiophene rings is 1. The molecule has 51 heavy (non-hydrogen) atoms. The van der Waals surface area contributed by atoms with Crippen molar-refractivity contribution in [3.8, 4) is 34.4 Å². The van der Waals surface area contributed by atoms with Crippen molar-refractivity contribution in [2.45, 2.75) is 0 Å². The normalized spacial score (nSPS) is 11.9. The molecule has 0 amide bonds. The summed E-state index contributed by atoms with van der Waals surface area (Å²) in [7, 11) is 0. The fraction of sp³-hybridized carbons (Fsp3) is 0. The molecule has 0 spiro atoms. The summed E-state index contributed by atoms with van der Waals surface area (Å²) in [6, 6.07) is 57.9. The number of hydrogen-bond donors (Lipinski definition) is 0. The van der Waals surface area contributed by atoms with Crippen molar-refractivity contribution in [2.24, 2.45) is 0 Å². The summed E-state index contributed by atoms with van der Waals surface area (Å²) in [5.41, 5.74) is 7.44. The summed E-state index contributed by atoms with van der Waals surface area (Å²) in [5, 5.41) is 7.07. The van der Waals surface area contributed by atoms with E-state index in [0.717, 1.165) is 60.3 Å². The summed E-state index contributed by atoms with van der Waals surface area (Å²) in [6.07, 6.45) is 0. The Morgan fingerprint density at radius 3 is 1.51 bits per heavy atom. The maximum absolute atomic E-state index is 5.35. The number of nitrogens with zero attached hydrogens (tertiary/aromatic N) is 5. The van der Waals surface area contributed by atoms with Gasteiger partial charge in [0.05, 0.1) is 22.1 Å². The van der Waals surface area contributed by atoms with Crippen LogP contribution in [0.5, 0.6) is 0 Å². The first-order valence-corrected chi connectivity index (χ1v) is 17.9. The third kappa shape index (κ3) is 4.30. The molecule has 0 saturated carbocycles. The van der Waals surface area contributed by atoms with E-state index in [-0.39, 0.29) is 0 Å². The third-order valence-corrected chi connectivity index (χ3v) is 11.2. The monoisotopic (exact) mass is 669 g/mol. The lowest BCUT2D eigenvalue weighted by Crippen LogP contribution is -2.10. The minimum absolute atomic E-state index is 0.573. The summed E-state index contributed by atoms with van der Waals surface area (Å²) in [6.45, 7) is 0. The Morgan fingerprint density at radius 1 is 0.333 bits per heavy atom. The number of para-hydroxylation sites is 3. The lowest BCUT2D eigenvalue weighted by molar-refractivity contribution is 0.893. The molecule has 0 aliphatic rings. The number of aromatic nitrogens is 5. The van der Waals surface area contributed by atoms with Gasteiger partial charge in [-0.2, -0.15) is 15.0 Å². The van der Waals surface area contributed by atoms with Gasteiger partial charge in [-0.3, -0.25) is 9.13 Å². The van der Waals surface area contributed by atoms with Crippen LogP contribution in [0.4, 0.5) is 0 Å². The van der Waals surface area contributed by atoms with Gasteiger partial charge in [-0.15, -0.1) is 11.3 Å². The highest BCUT2D eigenvalue weighted by molar-refractivity contribution is 7.25. The largest absolute Gasteiger partial charge is 0.278 e. The van der Waals surface area contributed by atoms with Crippen LogP contribution in [0, 0.1) is 0 Å². The molecule has 0 N–H and O–H groups in total. The molecule has 4 aromatic heterocycles. The van der Waals surface area contributed by atoms with Gasteiger partial charge in [0.25, 0.3) is 0 Å². The Labute approximate surface area is 296 Å². The average molecular weight is 670 g/mol. The quantitative estimate of drug-likeness (QED) is 0.187. The van der Waals surface area contributed by atoms with E-state index in [4.69, 9.17) is 15.0 Å². The number of rotatable bonds is 4. The van der Waals surface area contributed by atoms with Crippen LogP contribution in [0.25, 0.3) is 98.2 Å². The molecule has 0 fully saturated rings. The van der Waals surface area contributed by atoms with Gasteiger partial charge in [-0.05, 0) is 59.7 Å². The molecule has 0 radical (unpaired) electrons. The van der Waals surface area contributed by atoms with Crippen LogP contribution in [0.3, 0.4) is 0 Å². The molecule has 11 rings (SSSR count). The van der Waals surface area contributed by atoms with Crippen molar-refractivity contribution in [1.82, 2.24) is 24.1 Å². The first-order chi connectivity index (χ1) is 25.3. The van der Waals surface area contributed by atoms with Gasteiger partial charge in [-0.1, -0.05) is 115 Å². The minimum Gasteiger partial charge on any atom is -0.278 e. The summed E-state index contributed by atoms with van der Waals surface area (Å²) in [5.74, 6) is 1.77. The molecule has 4 heterocycles. The van der Waals surface area contributed by atoms with Gasteiger partial charge in [-0.25, -0.2) is 0 Å². The third-order valence-electron chi connectivity index (χ3n) is 10.0. The lowest BCUT2D eigenvalue weighted by atomic mass is 10.0. The first-order valence-electron chi connectivity index (χ1n) is 17.0. The molecular formula is C45H27N5S. The molecular weight excluding hydrogens is 643 g/mol. The molecule has 11 aromatic rings. The minimum atomic E-state index is 0.573. The topological polar surface area (TPSA) is 48.5 Å². The zero-order valence-corrected chi connectivity index (χ0v) is 28.0. The molecule has 0 aliphatic heterocycles. The molecule has 238 valence electrons. The fourth-order valence-corrected chi connectivity index (χ4v) is 8.77. The van der Waals surface area contributed by atoms with Crippen molar-refractivity contribution >= 4 is 75.1 Å². The van der Waals surface area contributed by atoms with Crippen LogP contribution in [0.2, 0.25) is 0 Å². The van der Waals surface area contributed by atoms with Crippen molar-refractivity contribution in [1.29, 1.82) is 0 Å². The predicted molar refractivity (Wildman–Crippen MR) is 212 cm³/mol. The van der Waals surface area contributed by atoms with Gasteiger partial charge in [0.2, 0.25) is 11.9 Å². The fourth-order valence-electron chi connectivity index (χ4n) is 7.68. The zero-order valence-electron chi connectivity index (χ0n) is 27.2. The summed E-state index contributed by atoms with van der Waals surface area (Å²) >= 11 is 1.81. The molecule has 0 unspecified atom stereocenters. The van der Waals surface area contributed by atoms with E-state index in [0.29, 0.717) is 17.7 Å². The van der Waals surface area contributed by atoms with Crippen LogP contribution < -0.4 is 0 Å². The Hall–Kier alpha value is -6.63. The summed E-state index contributed by atoms with van der Waals surface area (Å²) in [4.78, 5) is 16.0. The van der Waals surface area contributed by atoms with Crippen LogP contribution in [0.1, 0.15) is 0 Å². The maximum Gasteiger partial charge on any atom is 0.240 e. The van der Waals surface area contributed by atoms with E-state index >= 15 is 0 Å². The molecule has 0 bridgehead atoms. The smallest absolute Gasteiger partial charge is 0.240 e. The molecule has 7 aromatic carbocycles. The van der Waals surface area contributed by atoms with Gasteiger partial charge in [0.1, 0.15) is 0 Å². The van der Waals surface area contributed by atoms with E-state index in [9.17, 15) is 0 Å². The highest BCUT2D eigenvalue weighted by atomic mass is 32.1. The van der Waals surface area contributed by atoms with Gasteiger partial charge in [0.15, 0.2) is 5.82 Å². The molecule has 0 aliphatic carbocycles. The van der Waals surface area contributed by atoms with Crippen molar-refractivity contribution < 1.29 is 0 Å². The van der Waals surface area contributed by atoms with Crippen LogP contribution in [-0.2, 0) is 0 Å². The van der Waals surface area contributed by atoms with Crippen LogP contribution in [-0.4, -0.2) is 24.1 Å². The molecule has 5 nitrogen and oxygen atoms in total. The van der Waals surface area contributed by atoms with Crippen LogP contribution in [0.15, 0.2) is 164 Å².